The fourth-order valence-corrected chi connectivity index (χ4v) is 3.21. The molecule has 4 aromatic rings. The highest BCUT2D eigenvalue weighted by Gasteiger charge is 2.11. The number of halogens is 1. The lowest BCUT2D eigenvalue weighted by atomic mass is 10.2. The van der Waals surface area contributed by atoms with Crippen LogP contribution in [0, 0.1) is 0 Å². The van der Waals surface area contributed by atoms with Gasteiger partial charge in [0.1, 0.15) is 5.82 Å². The van der Waals surface area contributed by atoms with E-state index in [1.165, 1.54) is 0 Å². The van der Waals surface area contributed by atoms with Gasteiger partial charge in [0.15, 0.2) is 0 Å². The fraction of sp³-hybridized carbons (Fsp3) is 0. The van der Waals surface area contributed by atoms with Crippen LogP contribution in [0.3, 0.4) is 0 Å². The van der Waals surface area contributed by atoms with E-state index in [-0.39, 0.29) is 5.56 Å². The normalized spacial score (nSPS) is 11.3. The highest BCUT2D eigenvalue weighted by molar-refractivity contribution is 9.10. The van der Waals surface area contributed by atoms with Crippen LogP contribution in [0.4, 0.5) is 0 Å². The van der Waals surface area contributed by atoms with Gasteiger partial charge in [-0.3, -0.25) is 9.36 Å². The molecule has 0 aliphatic rings. The molecule has 1 heterocycles. The Morgan fingerprint density at radius 3 is 2.27 bits per heavy atom. The van der Waals surface area contributed by atoms with Crippen LogP contribution in [0.15, 0.2) is 88.1 Å². The van der Waals surface area contributed by atoms with Crippen molar-refractivity contribution in [2.45, 2.75) is 0 Å². The molecule has 0 saturated heterocycles. The Hall–Kier alpha value is -2.98. The lowest BCUT2D eigenvalue weighted by Gasteiger charge is -2.11. The Labute approximate surface area is 159 Å². The number of fused-ring (bicyclic) bond motifs is 1. The van der Waals surface area contributed by atoms with E-state index in [4.69, 9.17) is 4.98 Å². The number of rotatable bonds is 3. The first kappa shape index (κ1) is 16.5. The van der Waals surface area contributed by atoms with E-state index in [1.807, 2.05) is 91.0 Å². The molecule has 26 heavy (non-hydrogen) atoms. The van der Waals surface area contributed by atoms with Gasteiger partial charge in [0.05, 0.1) is 16.6 Å². The van der Waals surface area contributed by atoms with Crippen LogP contribution >= 0.6 is 15.9 Å². The topological polar surface area (TPSA) is 34.9 Å². The van der Waals surface area contributed by atoms with Crippen molar-refractivity contribution in [3.05, 3.63) is 105 Å². The number of benzene rings is 3. The lowest BCUT2D eigenvalue weighted by Crippen LogP contribution is -2.22. The summed E-state index contributed by atoms with van der Waals surface area (Å²) >= 11 is 3.44. The van der Waals surface area contributed by atoms with E-state index < -0.39 is 0 Å². The molecular weight excluding hydrogens is 388 g/mol. The van der Waals surface area contributed by atoms with Crippen LogP contribution in [0.2, 0.25) is 0 Å². The molecule has 0 radical (unpaired) electrons. The maximum Gasteiger partial charge on any atom is 0.266 e. The maximum atomic E-state index is 13.2. The third-order valence-electron chi connectivity index (χ3n) is 4.10. The van der Waals surface area contributed by atoms with Gasteiger partial charge in [0.25, 0.3) is 5.56 Å². The first-order valence-corrected chi connectivity index (χ1v) is 9.02. The molecule has 0 unspecified atom stereocenters. The minimum absolute atomic E-state index is 0.0878. The second-order valence-corrected chi connectivity index (χ2v) is 6.77. The first-order valence-electron chi connectivity index (χ1n) is 8.23. The molecule has 0 atom stereocenters. The predicted octanol–water partition coefficient (Wildman–Crippen LogP) is 5.32. The summed E-state index contributed by atoms with van der Waals surface area (Å²) in [6, 6.07) is 25.1. The van der Waals surface area contributed by atoms with Crippen LogP contribution < -0.4 is 5.56 Å². The van der Waals surface area contributed by atoms with Gasteiger partial charge >= 0.3 is 0 Å². The predicted molar refractivity (Wildman–Crippen MR) is 110 cm³/mol. The Bertz CT molecular complexity index is 1150. The van der Waals surface area contributed by atoms with Crippen LogP contribution in [0.5, 0.6) is 0 Å². The van der Waals surface area contributed by atoms with Gasteiger partial charge in [-0.1, -0.05) is 70.5 Å². The molecule has 0 saturated carbocycles. The SMILES string of the molecule is O=c1c2cc(Br)ccc2nc(C=Cc2ccccc2)n1-c1ccccc1. The molecule has 4 heteroatoms. The van der Waals surface area contributed by atoms with E-state index in [0.29, 0.717) is 16.7 Å². The summed E-state index contributed by atoms with van der Waals surface area (Å²) in [5.74, 6) is 0.597. The molecule has 3 aromatic carbocycles. The highest BCUT2D eigenvalue weighted by atomic mass is 79.9. The molecule has 1 aromatic heterocycles. The van der Waals surface area contributed by atoms with Gasteiger partial charge in [-0.15, -0.1) is 0 Å². The number of aromatic nitrogens is 2. The Morgan fingerprint density at radius 1 is 0.846 bits per heavy atom. The first-order chi connectivity index (χ1) is 12.7. The van der Waals surface area contributed by atoms with Crippen LogP contribution in [0.1, 0.15) is 11.4 Å². The number of hydrogen-bond donors (Lipinski definition) is 0. The molecule has 0 aliphatic carbocycles. The van der Waals surface area contributed by atoms with Crippen molar-refractivity contribution in [1.82, 2.24) is 9.55 Å². The summed E-state index contributed by atoms with van der Waals surface area (Å²) in [6.45, 7) is 0. The zero-order valence-electron chi connectivity index (χ0n) is 13.8. The molecule has 0 N–H and O–H groups in total. The van der Waals surface area contributed by atoms with E-state index >= 15 is 0 Å². The Morgan fingerprint density at radius 2 is 1.54 bits per heavy atom. The quantitative estimate of drug-likeness (QED) is 0.464. The summed E-state index contributed by atoms with van der Waals surface area (Å²) in [6.07, 6.45) is 3.84. The average Bonchev–Trinajstić information content (AvgIpc) is 2.68. The van der Waals surface area contributed by atoms with Crippen LogP contribution in [0.25, 0.3) is 28.7 Å². The smallest absolute Gasteiger partial charge is 0.266 e. The lowest BCUT2D eigenvalue weighted by molar-refractivity contribution is 0.944. The zero-order chi connectivity index (χ0) is 17.9. The van der Waals surface area contributed by atoms with Crippen molar-refractivity contribution in [2.24, 2.45) is 0 Å². The van der Waals surface area contributed by atoms with Gasteiger partial charge in [-0.2, -0.15) is 0 Å². The highest BCUT2D eigenvalue weighted by Crippen LogP contribution is 2.19. The number of hydrogen-bond acceptors (Lipinski definition) is 2. The van der Waals surface area contributed by atoms with Crippen molar-refractivity contribution in [3.8, 4) is 5.69 Å². The summed E-state index contributed by atoms with van der Waals surface area (Å²) in [5, 5.41) is 0.583. The second-order valence-electron chi connectivity index (χ2n) is 5.85. The minimum Gasteiger partial charge on any atom is -0.268 e. The summed E-state index contributed by atoms with van der Waals surface area (Å²) in [5.41, 5.74) is 2.44. The summed E-state index contributed by atoms with van der Waals surface area (Å²) < 4.78 is 2.50. The van der Waals surface area contributed by atoms with Gasteiger partial charge < -0.3 is 0 Å². The van der Waals surface area contributed by atoms with Crippen molar-refractivity contribution in [3.63, 3.8) is 0 Å². The maximum absolute atomic E-state index is 13.2. The molecule has 0 bridgehead atoms. The Kier molecular flexibility index (Phi) is 4.50. The van der Waals surface area contributed by atoms with Gasteiger partial charge in [0.2, 0.25) is 0 Å². The van der Waals surface area contributed by atoms with Crippen molar-refractivity contribution in [1.29, 1.82) is 0 Å². The average molecular weight is 403 g/mol. The van der Waals surface area contributed by atoms with E-state index in [2.05, 4.69) is 15.9 Å². The monoisotopic (exact) mass is 402 g/mol. The largest absolute Gasteiger partial charge is 0.268 e. The van der Waals surface area contributed by atoms with Crippen molar-refractivity contribution < 1.29 is 0 Å². The van der Waals surface area contributed by atoms with Gasteiger partial charge in [0, 0.05) is 4.47 Å². The van der Waals surface area contributed by atoms with Crippen molar-refractivity contribution >= 4 is 39.0 Å². The third kappa shape index (κ3) is 3.24. The summed E-state index contributed by atoms with van der Waals surface area (Å²) in [7, 11) is 0. The molecule has 0 spiro atoms. The van der Waals surface area contributed by atoms with E-state index in [0.717, 1.165) is 15.7 Å². The molecule has 0 fully saturated rings. The molecule has 126 valence electrons. The second kappa shape index (κ2) is 7.10. The molecule has 0 aliphatic heterocycles. The van der Waals surface area contributed by atoms with E-state index in [1.54, 1.807) is 4.57 Å². The molecule has 3 nitrogen and oxygen atoms in total. The molecule has 0 amide bonds. The van der Waals surface area contributed by atoms with E-state index in [9.17, 15) is 4.79 Å². The van der Waals surface area contributed by atoms with Gasteiger partial charge in [-0.25, -0.2) is 4.98 Å². The Balaban J connectivity index is 1.97. The number of para-hydroxylation sites is 1. The minimum atomic E-state index is -0.0878. The van der Waals surface area contributed by atoms with Crippen molar-refractivity contribution in [2.75, 3.05) is 0 Å². The third-order valence-corrected chi connectivity index (χ3v) is 4.59. The number of nitrogens with zero attached hydrogens (tertiary/aromatic N) is 2. The van der Waals surface area contributed by atoms with Crippen LogP contribution in [-0.4, -0.2) is 9.55 Å². The zero-order valence-corrected chi connectivity index (χ0v) is 15.4. The summed E-state index contributed by atoms with van der Waals surface area (Å²) in [4.78, 5) is 17.9. The van der Waals surface area contributed by atoms with Crippen LogP contribution in [-0.2, 0) is 0 Å². The fourth-order valence-electron chi connectivity index (χ4n) is 2.85. The molecule has 4 rings (SSSR count). The molecular formula is C22H15BrN2O. The standard InChI is InChI=1S/C22H15BrN2O/c23-17-12-13-20-19(15-17)22(26)25(18-9-5-2-6-10-18)21(24-20)14-11-16-7-3-1-4-8-16/h1-15H. The van der Waals surface area contributed by atoms with Gasteiger partial charge in [-0.05, 0) is 42.0 Å².